The third-order valence-electron chi connectivity index (χ3n) is 2.73. The molecule has 4 N–H and O–H groups in total. The van der Waals surface area contributed by atoms with Crippen molar-refractivity contribution in [3.05, 3.63) is 53.8 Å². The number of rotatable bonds is 4. The standard InChI is InChI=1S/C13H13FN2O3S/c14-11-7-10(20(15,18)19)5-6-12(11)16-8-9-3-1-2-4-13(9)17/h1-7,16-17H,8H2,(H2,15,18,19). The highest BCUT2D eigenvalue weighted by Crippen LogP contribution is 2.21. The topological polar surface area (TPSA) is 92.4 Å². The number of aromatic hydroxyl groups is 1. The second kappa shape index (κ2) is 5.48. The Bertz CT molecular complexity index is 732. The number of sulfonamides is 1. The van der Waals surface area contributed by atoms with Gasteiger partial charge >= 0.3 is 0 Å². The first-order valence-corrected chi connectivity index (χ1v) is 7.25. The van der Waals surface area contributed by atoms with Crippen LogP contribution in [0, 0.1) is 5.82 Å². The number of halogens is 1. The molecule has 0 amide bonds. The number of nitrogens with two attached hydrogens (primary N) is 1. The lowest BCUT2D eigenvalue weighted by atomic mass is 10.2. The average Bonchev–Trinajstić information content (AvgIpc) is 2.38. The van der Waals surface area contributed by atoms with E-state index in [0.717, 1.165) is 6.07 Å². The molecule has 0 heterocycles. The van der Waals surface area contributed by atoms with E-state index in [2.05, 4.69) is 5.32 Å². The van der Waals surface area contributed by atoms with E-state index in [1.165, 1.54) is 18.2 Å². The molecular formula is C13H13FN2O3S. The van der Waals surface area contributed by atoms with Crippen molar-refractivity contribution in [3.63, 3.8) is 0 Å². The van der Waals surface area contributed by atoms with Gasteiger partial charge in [0, 0.05) is 12.1 Å². The Morgan fingerprint density at radius 1 is 1.20 bits per heavy atom. The maximum atomic E-state index is 13.7. The van der Waals surface area contributed by atoms with Gasteiger partial charge in [-0.15, -0.1) is 0 Å². The first-order chi connectivity index (χ1) is 9.38. The number of hydrogen-bond donors (Lipinski definition) is 3. The SMILES string of the molecule is NS(=O)(=O)c1ccc(NCc2ccccc2O)c(F)c1. The maximum absolute atomic E-state index is 13.7. The monoisotopic (exact) mass is 296 g/mol. The second-order valence-corrected chi connectivity index (χ2v) is 5.73. The van der Waals surface area contributed by atoms with Crippen LogP contribution in [0.4, 0.5) is 10.1 Å². The summed E-state index contributed by atoms with van der Waals surface area (Å²) >= 11 is 0. The van der Waals surface area contributed by atoms with Gasteiger partial charge in [-0.2, -0.15) is 0 Å². The van der Waals surface area contributed by atoms with Gasteiger partial charge in [-0.3, -0.25) is 0 Å². The molecule has 0 saturated carbocycles. The number of phenolic OH excluding ortho intramolecular Hbond substituents is 1. The van der Waals surface area contributed by atoms with Gasteiger partial charge in [0.1, 0.15) is 11.6 Å². The van der Waals surface area contributed by atoms with Gasteiger partial charge < -0.3 is 10.4 Å². The third-order valence-corrected chi connectivity index (χ3v) is 3.64. The zero-order valence-corrected chi connectivity index (χ0v) is 11.2. The summed E-state index contributed by atoms with van der Waals surface area (Å²) in [6.45, 7) is 0.207. The molecule has 0 aliphatic rings. The van der Waals surface area contributed by atoms with Crippen LogP contribution in [0.5, 0.6) is 5.75 Å². The molecule has 2 aromatic carbocycles. The first-order valence-electron chi connectivity index (χ1n) is 5.71. The molecular weight excluding hydrogens is 283 g/mol. The van der Waals surface area contributed by atoms with Gasteiger partial charge in [-0.25, -0.2) is 17.9 Å². The summed E-state index contributed by atoms with van der Waals surface area (Å²) in [6, 6.07) is 10.00. The summed E-state index contributed by atoms with van der Waals surface area (Å²) in [5, 5.41) is 17.3. The number of hydrogen-bond acceptors (Lipinski definition) is 4. The van der Waals surface area contributed by atoms with Crippen molar-refractivity contribution in [2.24, 2.45) is 5.14 Å². The predicted octanol–water partition coefficient (Wildman–Crippen LogP) is 1.79. The molecule has 0 aliphatic heterocycles. The predicted molar refractivity (Wildman–Crippen MR) is 73.2 cm³/mol. The van der Waals surface area contributed by atoms with Crippen LogP contribution in [0.1, 0.15) is 5.56 Å². The molecule has 0 spiro atoms. The highest BCUT2D eigenvalue weighted by atomic mass is 32.2. The van der Waals surface area contributed by atoms with Crippen LogP contribution in [0.2, 0.25) is 0 Å². The maximum Gasteiger partial charge on any atom is 0.238 e. The van der Waals surface area contributed by atoms with Crippen molar-refractivity contribution in [1.29, 1.82) is 0 Å². The smallest absolute Gasteiger partial charge is 0.238 e. The molecule has 0 bridgehead atoms. The van der Waals surface area contributed by atoms with Gasteiger partial charge in [0.05, 0.1) is 10.6 Å². The summed E-state index contributed by atoms with van der Waals surface area (Å²) in [5.41, 5.74) is 0.725. The van der Waals surface area contributed by atoms with Gasteiger partial charge in [0.15, 0.2) is 0 Å². The van der Waals surface area contributed by atoms with E-state index in [1.54, 1.807) is 18.2 Å². The average molecular weight is 296 g/mol. The Morgan fingerprint density at radius 3 is 2.50 bits per heavy atom. The second-order valence-electron chi connectivity index (χ2n) is 4.17. The third kappa shape index (κ3) is 3.25. The lowest BCUT2D eigenvalue weighted by molar-refractivity contribution is 0.469. The van der Waals surface area contributed by atoms with Gasteiger partial charge in [-0.05, 0) is 24.3 Å². The van der Waals surface area contributed by atoms with Crippen molar-refractivity contribution in [2.45, 2.75) is 11.4 Å². The van der Waals surface area contributed by atoms with E-state index in [1.807, 2.05) is 0 Å². The van der Waals surface area contributed by atoms with Gasteiger partial charge in [-0.1, -0.05) is 18.2 Å². The number of nitrogens with one attached hydrogen (secondary N) is 1. The Labute approximate surface area is 115 Å². The minimum absolute atomic E-state index is 0.0987. The van der Waals surface area contributed by atoms with Crippen molar-refractivity contribution in [3.8, 4) is 5.75 Å². The van der Waals surface area contributed by atoms with Gasteiger partial charge in [0.25, 0.3) is 0 Å². The normalized spacial score (nSPS) is 11.3. The number of para-hydroxylation sites is 1. The van der Waals surface area contributed by atoms with E-state index < -0.39 is 15.8 Å². The fourth-order valence-corrected chi connectivity index (χ4v) is 2.19. The number of benzene rings is 2. The largest absolute Gasteiger partial charge is 0.508 e. The van der Waals surface area contributed by atoms with Crippen LogP contribution in [-0.2, 0) is 16.6 Å². The molecule has 0 atom stereocenters. The van der Waals surface area contributed by atoms with Crippen LogP contribution < -0.4 is 10.5 Å². The van der Waals surface area contributed by atoms with E-state index in [-0.39, 0.29) is 22.9 Å². The van der Waals surface area contributed by atoms with E-state index in [9.17, 15) is 17.9 Å². The molecule has 0 saturated heterocycles. The van der Waals surface area contributed by atoms with Crippen LogP contribution in [0.15, 0.2) is 47.4 Å². The summed E-state index contributed by atoms with van der Waals surface area (Å²) in [7, 11) is -3.92. The lowest BCUT2D eigenvalue weighted by Crippen LogP contribution is -2.12. The molecule has 0 fully saturated rings. The Hall–Kier alpha value is -2.12. The minimum Gasteiger partial charge on any atom is -0.508 e. The molecule has 2 aromatic rings. The summed E-state index contributed by atoms with van der Waals surface area (Å²) in [4.78, 5) is -0.289. The van der Waals surface area contributed by atoms with Crippen molar-refractivity contribution in [1.82, 2.24) is 0 Å². The molecule has 5 nitrogen and oxygen atoms in total. The molecule has 0 aliphatic carbocycles. The number of phenols is 1. The van der Waals surface area contributed by atoms with Crippen LogP contribution >= 0.6 is 0 Å². The van der Waals surface area contributed by atoms with Gasteiger partial charge in [0.2, 0.25) is 10.0 Å². The summed E-state index contributed by atoms with van der Waals surface area (Å²) in [5.74, 6) is -0.631. The van der Waals surface area contributed by atoms with Crippen molar-refractivity contribution < 1.29 is 17.9 Å². The molecule has 20 heavy (non-hydrogen) atoms. The van der Waals surface area contributed by atoms with E-state index >= 15 is 0 Å². The quantitative estimate of drug-likeness (QED) is 0.802. The fraction of sp³-hybridized carbons (Fsp3) is 0.0769. The first kappa shape index (κ1) is 14.3. The van der Waals surface area contributed by atoms with Crippen LogP contribution in [-0.4, -0.2) is 13.5 Å². The Morgan fingerprint density at radius 2 is 1.90 bits per heavy atom. The fourth-order valence-electron chi connectivity index (χ4n) is 1.67. The molecule has 7 heteroatoms. The number of primary sulfonamides is 1. The van der Waals surface area contributed by atoms with E-state index in [4.69, 9.17) is 5.14 Å². The number of anilines is 1. The van der Waals surface area contributed by atoms with Crippen LogP contribution in [0.25, 0.3) is 0 Å². The zero-order valence-electron chi connectivity index (χ0n) is 10.4. The Kier molecular flexibility index (Phi) is 3.91. The zero-order chi connectivity index (χ0) is 14.8. The molecule has 106 valence electrons. The summed E-state index contributed by atoms with van der Waals surface area (Å²) < 4.78 is 35.9. The lowest BCUT2D eigenvalue weighted by Gasteiger charge is -2.09. The van der Waals surface area contributed by atoms with E-state index in [0.29, 0.717) is 5.56 Å². The summed E-state index contributed by atoms with van der Waals surface area (Å²) in [6.07, 6.45) is 0. The molecule has 0 unspecified atom stereocenters. The highest BCUT2D eigenvalue weighted by molar-refractivity contribution is 7.89. The van der Waals surface area contributed by atoms with Crippen molar-refractivity contribution >= 4 is 15.7 Å². The molecule has 2 rings (SSSR count). The van der Waals surface area contributed by atoms with Crippen LogP contribution in [0.3, 0.4) is 0 Å². The molecule has 0 radical (unpaired) electrons. The molecule has 0 aromatic heterocycles. The minimum atomic E-state index is -3.92. The highest BCUT2D eigenvalue weighted by Gasteiger charge is 2.11. The Balaban J connectivity index is 2.17. The van der Waals surface area contributed by atoms with Crippen molar-refractivity contribution in [2.75, 3.05) is 5.32 Å².